The standard InChI is InChI=1S/C15H15ClFNS/c16-15-4-2-1-3-12(15)11-19-10-9-18-14-7-5-13(17)6-8-14/h1-8,18H,9-11H2. The highest BCUT2D eigenvalue weighted by molar-refractivity contribution is 7.98. The van der Waals surface area contributed by atoms with Crippen molar-refractivity contribution < 1.29 is 4.39 Å². The Kier molecular flexibility index (Phi) is 5.55. The fourth-order valence-electron chi connectivity index (χ4n) is 1.63. The third-order valence-electron chi connectivity index (χ3n) is 2.64. The lowest BCUT2D eigenvalue weighted by Crippen LogP contribution is -2.04. The molecule has 0 atom stereocenters. The van der Waals surface area contributed by atoms with Crippen LogP contribution in [0.4, 0.5) is 10.1 Å². The van der Waals surface area contributed by atoms with E-state index < -0.39 is 0 Å². The molecule has 4 heteroatoms. The molecule has 0 unspecified atom stereocenters. The smallest absolute Gasteiger partial charge is 0.123 e. The van der Waals surface area contributed by atoms with E-state index in [1.54, 1.807) is 12.1 Å². The number of hydrogen-bond acceptors (Lipinski definition) is 2. The summed E-state index contributed by atoms with van der Waals surface area (Å²) >= 11 is 7.91. The van der Waals surface area contributed by atoms with Crippen molar-refractivity contribution in [2.75, 3.05) is 17.6 Å². The van der Waals surface area contributed by atoms with E-state index in [1.165, 1.54) is 12.1 Å². The summed E-state index contributed by atoms with van der Waals surface area (Å²) < 4.78 is 12.7. The number of benzene rings is 2. The topological polar surface area (TPSA) is 12.0 Å². The summed E-state index contributed by atoms with van der Waals surface area (Å²) in [5.41, 5.74) is 2.11. The first-order valence-corrected chi connectivity index (χ1v) is 7.59. The number of rotatable bonds is 6. The Hall–Kier alpha value is -1.19. The fourth-order valence-corrected chi connectivity index (χ4v) is 2.78. The summed E-state index contributed by atoms with van der Waals surface area (Å²) in [6.07, 6.45) is 0. The Labute approximate surface area is 122 Å². The molecule has 2 rings (SSSR count). The summed E-state index contributed by atoms with van der Waals surface area (Å²) in [6.45, 7) is 0.848. The van der Waals surface area contributed by atoms with E-state index in [0.717, 1.165) is 34.3 Å². The highest BCUT2D eigenvalue weighted by Crippen LogP contribution is 2.20. The van der Waals surface area contributed by atoms with Crippen molar-refractivity contribution >= 4 is 29.1 Å². The molecule has 0 spiro atoms. The van der Waals surface area contributed by atoms with E-state index in [-0.39, 0.29) is 5.82 Å². The van der Waals surface area contributed by atoms with Gasteiger partial charge < -0.3 is 5.32 Å². The molecule has 100 valence electrons. The zero-order valence-electron chi connectivity index (χ0n) is 10.4. The van der Waals surface area contributed by atoms with E-state index in [9.17, 15) is 4.39 Å². The Bertz CT molecular complexity index is 516. The van der Waals surface area contributed by atoms with Crippen LogP contribution in [-0.4, -0.2) is 12.3 Å². The molecule has 0 amide bonds. The van der Waals surface area contributed by atoms with Crippen molar-refractivity contribution in [2.45, 2.75) is 5.75 Å². The fraction of sp³-hybridized carbons (Fsp3) is 0.200. The monoisotopic (exact) mass is 295 g/mol. The van der Waals surface area contributed by atoms with Crippen LogP contribution in [0.2, 0.25) is 5.02 Å². The quantitative estimate of drug-likeness (QED) is 0.767. The Morgan fingerprint density at radius 1 is 1.05 bits per heavy atom. The number of thioether (sulfide) groups is 1. The van der Waals surface area contributed by atoms with Gasteiger partial charge in [-0.15, -0.1) is 0 Å². The lowest BCUT2D eigenvalue weighted by atomic mass is 10.2. The minimum atomic E-state index is -0.210. The van der Waals surface area contributed by atoms with Crippen molar-refractivity contribution in [3.8, 4) is 0 Å². The molecule has 0 aliphatic heterocycles. The van der Waals surface area contributed by atoms with E-state index in [0.29, 0.717) is 0 Å². The Balaban J connectivity index is 1.67. The largest absolute Gasteiger partial charge is 0.384 e. The minimum Gasteiger partial charge on any atom is -0.384 e. The lowest BCUT2D eigenvalue weighted by Gasteiger charge is -2.07. The average Bonchev–Trinajstić information content (AvgIpc) is 2.42. The molecule has 0 saturated heterocycles. The predicted octanol–water partition coefficient (Wildman–Crippen LogP) is 4.82. The second kappa shape index (κ2) is 7.41. The number of hydrogen-bond donors (Lipinski definition) is 1. The van der Waals surface area contributed by atoms with Crippen molar-refractivity contribution in [2.24, 2.45) is 0 Å². The van der Waals surface area contributed by atoms with Gasteiger partial charge in [-0.05, 0) is 35.9 Å². The maximum atomic E-state index is 12.7. The van der Waals surface area contributed by atoms with Crippen molar-refractivity contribution in [1.82, 2.24) is 0 Å². The molecule has 0 aliphatic rings. The molecule has 1 N–H and O–H groups in total. The van der Waals surface area contributed by atoms with E-state index in [2.05, 4.69) is 5.32 Å². The van der Waals surface area contributed by atoms with E-state index in [4.69, 9.17) is 11.6 Å². The summed E-state index contributed by atoms with van der Waals surface area (Å²) in [6, 6.07) is 14.3. The third kappa shape index (κ3) is 4.77. The van der Waals surface area contributed by atoms with Gasteiger partial charge in [-0.2, -0.15) is 11.8 Å². The molecule has 2 aromatic rings. The van der Waals surface area contributed by atoms with Gasteiger partial charge >= 0.3 is 0 Å². The average molecular weight is 296 g/mol. The van der Waals surface area contributed by atoms with Crippen molar-refractivity contribution in [3.05, 3.63) is 64.9 Å². The molecule has 2 aromatic carbocycles. The number of nitrogens with one attached hydrogen (secondary N) is 1. The van der Waals surface area contributed by atoms with Crippen molar-refractivity contribution in [1.29, 1.82) is 0 Å². The van der Waals surface area contributed by atoms with Gasteiger partial charge in [0.1, 0.15) is 5.82 Å². The molecule has 0 fully saturated rings. The molecule has 0 bridgehead atoms. The molecule has 0 radical (unpaired) electrons. The SMILES string of the molecule is Fc1ccc(NCCSCc2ccccc2Cl)cc1. The first-order valence-electron chi connectivity index (χ1n) is 6.06. The van der Waals surface area contributed by atoms with Gasteiger partial charge in [-0.25, -0.2) is 4.39 Å². The van der Waals surface area contributed by atoms with E-state index >= 15 is 0 Å². The van der Waals surface area contributed by atoms with Crippen LogP contribution in [0.25, 0.3) is 0 Å². The van der Waals surface area contributed by atoms with Crippen LogP contribution in [-0.2, 0) is 5.75 Å². The molecule has 19 heavy (non-hydrogen) atoms. The number of halogens is 2. The maximum Gasteiger partial charge on any atom is 0.123 e. The summed E-state index contributed by atoms with van der Waals surface area (Å²) in [5, 5.41) is 4.07. The Morgan fingerprint density at radius 2 is 1.79 bits per heavy atom. The molecule has 0 saturated carbocycles. The van der Waals surface area contributed by atoms with Crippen LogP contribution in [0.15, 0.2) is 48.5 Å². The van der Waals surface area contributed by atoms with Crippen LogP contribution < -0.4 is 5.32 Å². The van der Waals surface area contributed by atoms with Crippen LogP contribution in [0.5, 0.6) is 0 Å². The summed E-state index contributed by atoms with van der Waals surface area (Å²) in [5.74, 6) is 1.67. The van der Waals surface area contributed by atoms with E-state index in [1.807, 2.05) is 36.0 Å². The minimum absolute atomic E-state index is 0.210. The number of anilines is 1. The zero-order valence-corrected chi connectivity index (χ0v) is 12.0. The summed E-state index contributed by atoms with van der Waals surface area (Å²) in [4.78, 5) is 0. The third-order valence-corrected chi connectivity index (χ3v) is 4.01. The normalized spacial score (nSPS) is 10.4. The summed E-state index contributed by atoms with van der Waals surface area (Å²) in [7, 11) is 0. The van der Waals surface area contributed by atoms with Gasteiger partial charge in [-0.1, -0.05) is 29.8 Å². The first-order chi connectivity index (χ1) is 9.25. The van der Waals surface area contributed by atoms with Gasteiger partial charge in [0.2, 0.25) is 0 Å². The van der Waals surface area contributed by atoms with Crippen LogP contribution >= 0.6 is 23.4 Å². The first kappa shape index (κ1) is 14.2. The Morgan fingerprint density at radius 3 is 2.53 bits per heavy atom. The molecular formula is C15H15ClFNS. The predicted molar refractivity (Wildman–Crippen MR) is 82.5 cm³/mol. The van der Waals surface area contributed by atoms with Crippen molar-refractivity contribution in [3.63, 3.8) is 0 Å². The van der Waals surface area contributed by atoms with Gasteiger partial charge in [0, 0.05) is 28.8 Å². The second-order valence-electron chi connectivity index (χ2n) is 4.08. The van der Waals surface area contributed by atoms with Gasteiger partial charge in [0.05, 0.1) is 0 Å². The molecule has 0 aliphatic carbocycles. The highest BCUT2D eigenvalue weighted by Gasteiger charge is 1.99. The molecule has 1 nitrogen and oxygen atoms in total. The zero-order chi connectivity index (χ0) is 13.5. The maximum absolute atomic E-state index is 12.7. The van der Waals surface area contributed by atoms with Crippen LogP contribution in [0.3, 0.4) is 0 Å². The van der Waals surface area contributed by atoms with Gasteiger partial charge in [-0.3, -0.25) is 0 Å². The van der Waals surface area contributed by atoms with Gasteiger partial charge in [0.25, 0.3) is 0 Å². The molecular weight excluding hydrogens is 281 g/mol. The highest BCUT2D eigenvalue weighted by atomic mass is 35.5. The molecule has 0 heterocycles. The molecule has 0 aromatic heterocycles. The van der Waals surface area contributed by atoms with Crippen LogP contribution in [0, 0.1) is 5.82 Å². The lowest BCUT2D eigenvalue weighted by molar-refractivity contribution is 0.628. The van der Waals surface area contributed by atoms with Crippen LogP contribution in [0.1, 0.15) is 5.56 Å². The van der Waals surface area contributed by atoms with Gasteiger partial charge in [0.15, 0.2) is 0 Å². The second-order valence-corrected chi connectivity index (χ2v) is 5.59.